The molecule has 2 amide bonds. The molecule has 0 bridgehead atoms. The molecule has 1 aliphatic carbocycles. The Morgan fingerprint density at radius 3 is 2.45 bits per heavy atom. The summed E-state index contributed by atoms with van der Waals surface area (Å²) in [6, 6.07) is 0. The number of rotatable bonds is 5. The first-order chi connectivity index (χ1) is 10.3. The van der Waals surface area contributed by atoms with Gasteiger partial charge in [-0.05, 0) is 25.7 Å². The van der Waals surface area contributed by atoms with E-state index in [0.29, 0.717) is 13.0 Å². The monoisotopic (exact) mass is 318 g/mol. The second-order valence-corrected chi connectivity index (χ2v) is 6.52. The lowest BCUT2D eigenvalue weighted by molar-refractivity contribution is -0.147. The third-order valence-corrected chi connectivity index (χ3v) is 4.85. The number of alkyl halides is 2. The number of likely N-dealkylation sites (tertiary alicyclic amines) is 1. The first-order valence-electron chi connectivity index (χ1n) is 7.76. The summed E-state index contributed by atoms with van der Waals surface area (Å²) in [4.78, 5) is 25.8. The number of nitrogens with zero attached hydrogens (tertiary/aromatic N) is 1. The lowest BCUT2D eigenvalue weighted by Gasteiger charge is -2.40. The van der Waals surface area contributed by atoms with Gasteiger partial charge < -0.3 is 15.4 Å². The number of carbonyl (C=O) groups is 2. The molecule has 1 heterocycles. The molecule has 22 heavy (non-hydrogen) atoms. The molecule has 1 unspecified atom stereocenters. The van der Waals surface area contributed by atoms with E-state index in [9.17, 15) is 18.4 Å². The molecular formula is C15H24F2N2O3. The Hall–Kier alpha value is -1.24. The molecule has 5 nitrogen and oxygen atoms in total. The molecule has 0 aromatic heterocycles. The van der Waals surface area contributed by atoms with E-state index in [1.807, 2.05) is 0 Å². The summed E-state index contributed by atoms with van der Waals surface area (Å²) in [6.45, 7) is 0.771. The van der Waals surface area contributed by atoms with E-state index in [1.165, 1.54) is 7.11 Å². The van der Waals surface area contributed by atoms with Gasteiger partial charge in [0.05, 0.1) is 18.6 Å². The van der Waals surface area contributed by atoms with Crippen molar-refractivity contribution in [3.05, 3.63) is 0 Å². The Morgan fingerprint density at radius 2 is 1.91 bits per heavy atom. The van der Waals surface area contributed by atoms with Gasteiger partial charge >= 0.3 is 0 Å². The highest BCUT2D eigenvalue weighted by molar-refractivity contribution is 5.82. The molecule has 1 saturated heterocycles. The van der Waals surface area contributed by atoms with Crippen LogP contribution in [0, 0.1) is 5.92 Å². The summed E-state index contributed by atoms with van der Waals surface area (Å²) in [5.41, 5.74) is 4.62. The van der Waals surface area contributed by atoms with Crippen molar-refractivity contribution >= 4 is 11.8 Å². The normalized spacial score (nSPS) is 28.8. The van der Waals surface area contributed by atoms with Gasteiger partial charge in [0.2, 0.25) is 17.7 Å². The van der Waals surface area contributed by atoms with E-state index >= 15 is 0 Å². The second kappa shape index (κ2) is 6.48. The van der Waals surface area contributed by atoms with Gasteiger partial charge in [-0.25, -0.2) is 8.78 Å². The second-order valence-electron chi connectivity index (χ2n) is 6.52. The first kappa shape index (κ1) is 17.1. The number of primary amides is 1. The van der Waals surface area contributed by atoms with E-state index < -0.39 is 17.4 Å². The Morgan fingerprint density at radius 1 is 1.27 bits per heavy atom. The predicted molar refractivity (Wildman–Crippen MR) is 76.3 cm³/mol. The minimum absolute atomic E-state index is 0.0511. The van der Waals surface area contributed by atoms with Crippen LogP contribution in [0.5, 0.6) is 0 Å². The molecule has 2 aliphatic rings. The van der Waals surface area contributed by atoms with Gasteiger partial charge in [-0.1, -0.05) is 0 Å². The maximum atomic E-state index is 13.3. The van der Waals surface area contributed by atoms with E-state index in [0.717, 1.165) is 6.42 Å². The molecule has 0 radical (unpaired) electrons. The number of halogens is 2. The van der Waals surface area contributed by atoms with E-state index in [1.54, 1.807) is 4.90 Å². The smallest absolute Gasteiger partial charge is 0.248 e. The quantitative estimate of drug-likeness (QED) is 0.838. The number of amides is 2. The maximum Gasteiger partial charge on any atom is 0.248 e. The number of hydrogen-bond donors (Lipinski definition) is 1. The van der Waals surface area contributed by atoms with Crippen LogP contribution in [0.25, 0.3) is 0 Å². The highest BCUT2D eigenvalue weighted by Crippen LogP contribution is 2.40. The molecular weight excluding hydrogens is 294 g/mol. The van der Waals surface area contributed by atoms with Gasteiger partial charge in [-0.3, -0.25) is 9.59 Å². The van der Waals surface area contributed by atoms with Crippen LogP contribution in [0.2, 0.25) is 0 Å². The topological polar surface area (TPSA) is 72.6 Å². The highest BCUT2D eigenvalue weighted by atomic mass is 19.3. The summed E-state index contributed by atoms with van der Waals surface area (Å²) >= 11 is 0. The zero-order valence-electron chi connectivity index (χ0n) is 12.9. The van der Waals surface area contributed by atoms with E-state index in [-0.39, 0.29) is 50.5 Å². The van der Waals surface area contributed by atoms with Crippen LogP contribution in [0.1, 0.15) is 44.9 Å². The van der Waals surface area contributed by atoms with Gasteiger partial charge in [0.15, 0.2) is 0 Å². The summed E-state index contributed by atoms with van der Waals surface area (Å²) in [7, 11) is 1.52. The molecule has 2 rings (SSSR count). The van der Waals surface area contributed by atoms with Crippen LogP contribution in [-0.2, 0) is 14.3 Å². The molecule has 7 heteroatoms. The number of carbonyl (C=O) groups excluding carboxylic acids is 2. The average Bonchev–Trinajstić information content (AvgIpc) is 2.81. The number of ether oxygens (including phenoxy) is 1. The van der Waals surface area contributed by atoms with Crippen molar-refractivity contribution in [3.8, 4) is 0 Å². The minimum atomic E-state index is -2.65. The average molecular weight is 318 g/mol. The summed E-state index contributed by atoms with van der Waals surface area (Å²) < 4.78 is 31.7. The maximum absolute atomic E-state index is 13.3. The lowest BCUT2D eigenvalue weighted by Crippen LogP contribution is -2.54. The third-order valence-electron chi connectivity index (χ3n) is 4.85. The van der Waals surface area contributed by atoms with Crippen LogP contribution >= 0.6 is 0 Å². The first-order valence-corrected chi connectivity index (χ1v) is 7.76. The van der Waals surface area contributed by atoms with Gasteiger partial charge in [0.25, 0.3) is 0 Å². The zero-order valence-corrected chi connectivity index (χ0v) is 12.9. The Labute approximate surface area is 129 Å². The Balaban J connectivity index is 2.11. The molecule has 2 fully saturated rings. The van der Waals surface area contributed by atoms with E-state index in [2.05, 4.69) is 0 Å². The Bertz CT molecular complexity index is 435. The predicted octanol–water partition coefficient (Wildman–Crippen LogP) is 1.69. The van der Waals surface area contributed by atoms with Crippen LogP contribution in [-0.4, -0.2) is 48.4 Å². The molecule has 1 atom stereocenters. The van der Waals surface area contributed by atoms with Crippen LogP contribution in [0.3, 0.4) is 0 Å². The summed E-state index contributed by atoms with van der Waals surface area (Å²) in [5, 5.41) is 0. The van der Waals surface area contributed by atoms with E-state index in [4.69, 9.17) is 10.5 Å². The fourth-order valence-electron chi connectivity index (χ4n) is 3.77. The molecule has 2 N–H and O–H groups in total. The molecule has 0 aromatic rings. The molecule has 0 aromatic carbocycles. The van der Waals surface area contributed by atoms with Gasteiger partial charge in [0.1, 0.15) is 0 Å². The highest BCUT2D eigenvalue weighted by Gasteiger charge is 2.47. The lowest BCUT2D eigenvalue weighted by atomic mass is 9.84. The van der Waals surface area contributed by atoms with Gasteiger partial charge in [-0.2, -0.15) is 0 Å². The summed E-state index contributed by atoms with van der Waals surface area (Å²) in [6.07, 6.45) is 1.37. The SMILES string of the molecule is COCC1(CC(N)=O)CCCN1C(=O)C1CCC(F)(F)CC1. The van der Waals surface area contributed by atoms with Crippen molar-refractivity contribution < 1.29 is 23.1 Å². The van der Waals surface area contributed by atoms with Gasteiger partial charge in [-0.15, -0.1) is 0 Å². The molecule has 1 saturated carbocycles. The van der Waals surface area contributed by atoms with Crippen LogP contribution in [0.4, 0.5) is 8.78 Å². The zero-order chi connectivity index (χ0) is 16.4. The van der Waals surface area contributed by atoms with Crippen molar-refractivity contribution in [3.63, 3.8) is 0 Å². The number of methoxy groups -OCH3 is 1. The van der Waals surface area contributed by atoms with Crippen molar-refractivity contribution in [1.29, 1.82) is 0 Å². The fraction of sp³-hybridized carbons (Fsp3) is 0.867. The Kier molecular flexibility index (Phi) is 5.04. The van der Waals surface area contributed by atoms with Crippen molar-refractivity contribution in [2.45, 2.75) is 56.4 Å². The van der Waals surface area contributed by atoms with Crippen molar-refractivity contribution in [2.24, 2.45) is 11.7 Å². The van der Waals surface area contributed by atoms with Crippen molar-refractivity contribution in [2.75, 3.05) is 20.3 Å². The fourth-order valence-corrected chi connectivity index (χ4v) is 3.77. The minimum Gasteiger partial charge on any atom is -0.382 e. The largest absolute Gasteiger partial charge is 0.382 e. The van der Waals surface area contributed by atoms with Gasteiger partial charge in [0, 0.05) is 32.4 Å². The molecule has 0 spiro atoms. The molecule has 126 valence electrons. The number of hydrogen-bond acceptors (Lipinski definition) is 3. The standard InChI is InChI=1S/C15H24F2N2O3/c1-22-10-14(9-12(18)20)5-2-8-19(14)13(21)11-3-6-15(16,17)7-4-11/h11H,2-10H2,1H3,(H2,18,20). The van der Waals surface area contributed by atoms with Crippen molar-refractivity contribution in [1.82, 2.24) is 4.90 Å². The van der Waals surface area contributed by atoms with Crippen LogP contribution in [0.15, 0.2) is 0 Å². The third kappa shape index (κ3) is 3.56. The number of nitrogens with two attached hydrogens (primary N) is 1. The molecule has 1 aliphatic heterocycles. The van der Waals surface area contributed by atoms with Crippen LogP contribution < -0.4 is 5.73 Å². The summed E-state index contributed by atoms with van der Waals surface area (Å²) in [5.74, 6) is -3.65.